The Kier molecular flexibility index (Phi) is 11.7. The minimum Gasteiger partial charge on any atom is -0.495 e. The molecular formula is C31H37Cl2N3O5S. The third-order valence-electron chi connectivity index (χ3n) is 6.97. The maximum Gasteiger partial charge on any atom is 0.264 e. The Bertz CT molecular complexity index is 1500. The zero-order valence-corrected chi connectivity index (χ0v) is 26.8. The van der Waals surface area contributed by atoms with E-state index in [4.69, 9.17) is 27.9 Å². The molecule has 2 amide bonds. The zero-order chi connectivity index (χ0) is 31.0. The van der Waals surface area contributed by atoms with Gasteiger partial charge in [0.25, 0.3) is 10.0 Å². The number of carbonyl (C=O) groups excluding carboxylic acids is 2. The van der Waals surface area contributed by atoms with Crippen LogP contribution in [-0.4, -0.2) is 50.9 Å². The first-order chi connectivity index (χ1) is 19.9. The summed E-state index contributed by atoms with van der Waals surface area (Å²) in [5.74, 6) is -0.627. The molecule has 0 unspecified atom stereocenters. The molecule has 0 radical (unpaired) electrons. The van der Waals surface area contributed by atoms with Crippen molar-refractivity contribution in [2.45, 2.75) is 64.1 Å². The van der Waals surface area contributed by atoms with Gasteiger partial charge < -0.3 is 15.0 Å². The number of para-hydroxylation sites is 2. The second-order valence-electron chi connectivity index (χ2n) is 10.0. The molecule has 0 saturated heterocycles. The quantitative estimate of drug-likeness (QED) is 0.241. The summed E-state index contributed by atoms with van der Waals surface area (Å²) < 4.78 is 34.6. The number of nitrogens with one attached hydrogen (secondary N) is 1. The van der Waals surface area contributed by atoms with E-state index in [1.807, 2.05) is 20.8 Å². The van der Waals surface area contributed by atoms with Crippen molar-refractivity contribution in [1.82, 2.24) is 10.2 Å². The number of methoxy groups -OCH3 is 1. The predicted octanol–water partition coefficient (Wildman–Crippen LogP) is 6.23. The van der Waals surface area contributed by atoms with Gasteiger partial charge in [-0.3, -0.25) is 13.9 Å². The highest BCUT2D eigenvalue weighted by atomic mass is 35.5. The number of ether oxygens (including phenoxy) is 1. The molecule has 0 bridgehead atoms. The van der Waals surface area contributed by atoms with Crippen molar-refractivity contribution in [1.29, 1.82) is 0 Å². The molecule has 0 heterocycles. The average molecular weight is 635 g/mol. The van der Waals surface area contributed by atoms with Crippen molar-refractivity contribution < 1.29 is 22.7 Å². The van der Waals surface area contributed by atoms with Gasteiger partial charge in [0.1, 0.15) is 18.3 Å². The number of carbonyl (C=O) groups is 2. The van der Waals surface area contributed by atoms with Gasteiger partial charge in [-0.05, 0) is 68.7 Å². The predicted molar refractivity (Wildman–Crippen MR) is 168 cm³/mol. The summed E-state index contributed by atoms with van der Waals surface area (Å²) >= 11 is 12.4. The molecule has 0 aromatic heterocycles. The Morgan fingerprint density at radius 1 is 0.952 bits per heavy atom. The van der Waals surface area contributed by atoms with Gasteiger partial charge in [-0.15, -0.1) is 0 Å². The second kappa shape index (κ2) is 14.8. The maximum atomic E-state index is 14.2. The summed E-state index contributed by atoms with van der Waals surface area (Å²) in [4.78, 5) is 29.0. The Morgan fingerprint density at radius 2 is 1.62 bits per heavy atom. The normalized spacial score (nSPS) is 12.7. The molecule has 0 aliphatic carbocycles. The number of rotatable bonds is 13. The topological polar surface area (TPSA) is 96.0 Å². The van der Waals surface area contributed by atoms with Crippen molar-refractivity contribution in [3.63, 3.8) is 0 Å². The Morgan fingerprint density at radius 3 is 2.21 bits per heavy atom. The van der Waals surface area contributed by atoms with Crippen LogP contribution < -0.4 is 14.4 Å². The number of hydrogen-bond acceptors (Lipinski definition) is 5. The Balaban J connectivity index is 2.11. The van der Waals surface area contributed by atoms with Crippen LogP contribution in [-0.2, 0) is 26.2 Å². The number of sulfonamides is 1. The van der Waals surface area contributed by atoms with Gasteiger partial charge in [0, 0.05) is 12.6 Å². The summed E-state index contributed by atoms with van der Waals surface area (Å²) in [6.45, 7) is 6.92. The molecule has 3 aromatic carbocycles. The van der Waals surface area contributed by atoms with Crippen molar-refractivity contribution in [3.8, 4) is 5.75 Å². The van der Waals surface area contributed by atoms with Crippen molar-refractivity contribution in [2.75, 3.05) is 18.0 Å². The fourth-order valence-corrected chi connectivity index (χ4v) is 6.13. The zero-order valence-electron chi connectivity index (χ0n) is 24.4. The lowest BCUT2D eigenvalue weighted by Crippen LogP contribution is -2.53. The van der Waals surface area contributed by atoms with Crippen LogP contribution >= 0.6 is 23.2 Å². The number of amides is 2. The molecule has 42 heavy (non-hydrogen) atoms. The third kappa shape index (κ3) is 7.96. The third-order valence-corrected chi connectivity index (χ3v) is 9.48. The van der Waals surface area contributed by atoms with Gasteiger partial charge in [-0.1, -0.05) is 72.9 Å². The van der Waals surface area contributed by atoms with E-state index in [0.29, 0.717) is 28.5 Å². The first-order valence-corrected chi connectivity index (χ1v) is 15.9. The van der Waals surface area contributed by atoms with Crippen LogP contribution in [0.4, 0.5) is 5.69 Å². The van der Waals surface area contributed by atoms with Crippen LogP contribution in [0.2, 0.25) is 10.0 Å². The number of benzene rings is 3. The molecule has 8 nitrogen and oxygen atoms in total. The van der Waals surface area contributed by atoms with E-state index in [1.54, 1.807) is 61.5 Å². The lowest BCUT2D eigenvalue weighted by atomic mass is 10.1. The van der Waals surface area contributed by atoms with E-state index in [-0.39, 0.29) is 34.8 Å². The van der Waals surface area contributed by atoms with Crippen LogP contribution in [0, 0.1) is 6.92 Å². The maximum absolute atomic E-state index is 14.2. The van der Waals surface area contributed by atoms with Gasteiger partial charge in [-0.2, -0.15) is 0 Å². The minimum absolute atomic E-state index is 0.00645. The van der Waals surface area contributed by atoms with Crippen LogP contribution in [0.15, 0.2) is 71.6 Å². The fraction of sp³-hybridized carbons (Fsp3) is 0.355. The molecule has 3 rings (SSSR count). The number of halogens is 2. The molecule has 0 aliphatic heterocycles. The van der Waals surface area contributed by atoms with E-state index < -0.39 is 28.5 Å². The highest BCUT2D eigenvalue weighted by Crippen LogP contribution is 2.33. The molecule has 0 saturated carbocycles. The van der Waals surface area contributed by atoms with Crippen molar-refractivity contribution >= 4 is 50.7 Å². The lowest BCUT2D eigenvalue weighted by molar-refractivity contribution is -0.140. The number of hydrogen-bond donors (Lipinski definition) is 1. The van der Waals surface area contributed by atoms with Crippen LogP contribution in [0.25, 0.3) is 0 Å². The first kappa shape index (κ1) is 33.2. The molecule has 1 N–H and O–H groups in total. The Labute approximate surface area is 258 Å². The van der Waals surface area contributed by atoms with Crippen LogP contribution in [0.5, 0.6) is 5.75 Å². The van der Waals surface area contributed by atoms with E-state index in [1.165, 1.54) is 24.1 Å². The summed E-state index contributed by atoms with van der Waals surface area (Å²) in [6, 6.07) is 16.9. The first-order valence-electron chi connectivity index (χ1n) is 13.7. The van der Waals surface area contributed by atoms with Gasteiger partial charge >= 0.3 is 0 Å². The monoisotopic (exact) mass is 633 g/mol. The second-order valence-corrected chi connectivity index (χ2v) is 12.7. The van der Waals surface area contributed by atoms with Crippen LogP contribution in [0.1, 0.15) is 44.7 Å². The molecule has 0 fully saturated rings. The molecule has 226 valence electrons. The smallest absolute Gasteiger partial charge is 0.264 e. The standard InChI is InChI=1S/C31H37Cl2N3O5S/c1-6-22(4)34-31(38)27(7-2)35(19-23-14-17-25(32)26(33)18-23)30(37)20-36(28-10-8-9-11-29(28)41-5)42(39,40)24-15-12-21(3)13-16-24/h8-18,22,27H,6-7,19-20H2,1-5H3,(H,34,38)/t22-,27-/m1/s1. The summed E-state index contributed by atoms with van der Waals surface area (Å²) in [6.07, 6.45) is 1.01. The minimum atomic E-state index is -4.23. The summed E-state index contributed by atoms with van der Waals surface area (Å²) in [5.41, 5.74) is 1.72. The van der Waals surface area contributed by atoms with Gasteiger partial charge in [-0.25, -0.2) is 8.42 Å². The molecule has 0 aliphatic rings. The molecule has 3 aromatic rings. The fourth-order valence-electron chi connectivity index (χ4n) is 4.38. The summed E-state index contributed by atoms with van der Waals surface area (Å²) in [7, 11) is -2.80. The largest absolute Gasteiger partial charge is 0.495 e. The van der Waals surface area contributed by atoms with Crippen LogP contribution in [0.3, 0.4) is 0 Å². The van der Waals surface area contributed by atoms with E-state index in [2.05, 4.69) is 5.32 Å². The Hall–Kier alpha value is -3.27. The highest BCUT2D eigenvalue weighted by Gasteiger charge is 2.35. The molecule has 11 heteroatoms. The highest BCUT2D eigenvalue weighted by molar-refractivity contribution is 7.92. The molecular weight excluding hydrogens is 597 g/mol. The molecule has 0 spiro atoms. The van der Waals surface area contributed by atoms with Crippen molar-refractivity contribution in [3.05, 3.63) is 87.9 Å². The van der Waals surface area contributed by atoms with Gasteiger partial charge in [0.05, 0.1) is 27.7 Å². The van der Waals surface area contributed by atoms with E-state index in [0.717, 1.165) is 9.87 Å². The number of nitrogens with zero attached hydrogens (tertiary/aromatic N) is 2. The average Bonchev–Trinajstić information content (AvgIpc) is 2.97. The number of anilines is 1. The lowest BCUT2D eigenvalue weighted by Gasteiger charge is -2.34. The molecule has 2 atom stereocenters. The van der Waals surface area contributed by atoms with Gasteiger partial charge in [0.15, 0.2) is 0 Å². The van der Waals surface area contributed by atoms with E-state index >= 15 is 0 Å². The van der Waals surface area contributed by atoms with Gasteiger partial charge in [0.2, 0.25) is 11.8 Å². The van der Waals surface area contributed by atoms with E-state index in [9.17, 15) is 18.0 Å². The summed E-state index contributed by atoms with van der Waals surface area (Å²) in [5, 5.41) is 3.61. The number of aryl methyl sites for hydroxylation is 1. The van der Waals surface area contributed by atoms with Crippen molar-refractivity contribution in [2.24, 2.45) is 0 Å². The SMILES string of the molecule is CC[C@@H](C)NC(=O)[C@@H](CC)N(Cc1ccc(Cl)c(Cl)c1)C(=O)CN(c1ccccc1OC)S(=O)(=O)c1ccc(C)cc1.